The van der Waals surface area contributed by atoms with E-state index in [4.69, 9.17) is 4.74 Å². The van der Waals surface area contributed by atoms with Crippen LogP contribution in [0.2, 0.25) is 0 Å². The summed E-state index contributed by atoms with van der Waals surface area (Å²) in [4.78, 5) is 23.6. The van der Waals surface area contributed by atoms with Gasteiger partial charge in [-0.15, -0.1) is 11.8 Å². The van der Waals surface area contributed by atoms with E-state index in [1.165, 1.54) is 11.8 Å². The van der Waals surface area contributed by atoms with Gasteiger partial charge in [-0.2, -0.15) is 0 Å². The standard InChI is InChI=1S/C19H22N2O3S/c1-14-5-3-8-17(11-14)24-9-10-25-13-18(22)21-16-7-4-6-15(12-16)19(23)20-2/h3-8,11-12H,9-10,13H2,1-2H3,(H,20,23)(H,21,22). The van der Waals surface area contributed by atoms with Crippen molar-refractivity contribution >= 4 is 29.3 Å². The Morgan fingerprint density at radius 3 is 2.68 bits per heavy atom. The van der Waals surface area contributed by atoms with Gasteiger partial charge >= 0.3 is 0 Å². The first-order chi connectivity index (χ1) is 12.1. The zero-order valence-electron chi connectivity index (χ0n) is 14.4. The molecule has 0 aliphatic carbocycles. The number of benzene rings is 2. The van der Waals surface area contributed by atoms with Crippen LogP contribution >= 0.6 is 11.8 Å². The Bertz CT molecular complexity index is 734. The van der Waals surface area contributed by atoms with E-state index < -0.39 is 0 Å². The molecule has 2 aromatic rings. The summed E-state index contributed by atoms with van der Waals surface area (Å²) in [5.74, 6) is 1.62. The number of amides is 2. The highest BCUT2D eigenvalue weighted by Crippen LogP contribution is 2.14. The molecule has 132 valence electrons. The highest BCUT2D eigenvalue weighted by Gasteiger charge is 2.06. The molecule has 0 saturated heterocycles. The summed E-state index contributed by atoms with van der Waals surface area (Å²) in [7, 11) is 1.57. The molecule has 6 heteroatoms. The van der Waals surface area contributed by atoms with Crippen LogP contribution in [0.1, 0.15) is 15.9 Å². The number of ether oxygens (including phenoxy) is 1. The van der Waals surface area contributed by atoms with Gasteiger partial charge in [0.05, 0.1) is 12.4 Å². The van der Waals surface area contributed by atoms with Crippen molar-refractivity contribution in [1.29, 1.82) is 0 Å². The Morgan fingerprint density at radius 1 is 1.12 bits per heavy atom. The molecule has 0 saturated carbocycles. The van der Waals surface area contributed by atoms with Crippen LogP contribution in [0.15, 0.2) is 48.5 Å². The molecule has 2 rings (SSSR count). The molecular weight excluding hydrogens is 336 g/mol. The second-order valence-electron chi connectivity index (χ2n) is 5.43. The van der Waals surface area contributed by atoms with Crippen molar-refractivity contribution < 1.29 is 14.3 Å². The van der Waals surface area contributed by atoms with Crippen molar-refractivity contribution in [1.82, 2.24) is 5.32 Å². The van der Waals surface area contributed by atoms with Gasteiger partial charge in [0.2, 0.25) is 5.91 Å². The van der Waals surface area contributed by atoms with Gasteiger partial charge in [0.1, 0.15) is 5.75 Å². The molecular formula is C19H22N2O3S. The molecule has 0 bridgehead atoms. The Hall–Kier alpha value is -2.47. The van der Waals surface area contributed by atoms with Crippen LogP contribution < -0.4 is 15.4 Å². The Kier molecular flexibility index (Phi) is 7.35. The Balaban J connectivity index is 1.69. The number of rotatable bonds is 8. The first kappa shape index (κ1) is 18.9. The average Bonchev–Trinajstić information content (AvgIpc) is 2.61. The number of carbonyl (C=O) groups is 2. The molecule has 0 atom stereocenters. The lowest BCUT2D eigenvalue weighted by atomic mass is 10.2. The summed E-state index contributed by atoms with van der Waals surface area (Å²) >= 11 is 1.50. The Morgan fingerprint density at radius 2 is 1.92 bits per heavy atom. The maximum atomic E-state index is 12.0. The summed E-state index contributed by atoms with van der Waals surface area (Å²) < 4.78 is 5.64. The average molecular weight is 358 g/mol. The first-order valence-electron chi connectivity index (χ1n) is 7.97. The molecule has 2 amide bonds. The molecule has 5 nitrogen and oxygen atoms in total. The van der Waals surface area contributed by atoms with Crippen LogP contribution in [0.25, 0.3) is 0 Å². The predicted octanol–water partition coefficient (Wildman–Crippen LogP) is 3.11. The van der Waals surface area contributed by atoms with Crippen molar-refractivity contribution in [2.75, 3.05) is 30.5 Å². The van der Waals surface area contributed by atoms with Crippen LogP contribution in [0.5, 0.6) is 5.75 Å². The fraction of sp³-hybridized carbons (Fsp3) is 0.263. The van der Waals surface area contributed by atoms with Gasteiger partial charge in [-0.1, -0.05) is 18.2 Å². The van der Waals surface area contributed by atoms with E-state index >= 15 is 0 Å². The number of carbonyl (C=O) groups excluding carboxylic acids is 2. The summed E-state index contributed by atoms with van der Waals surface area (Å²) in [5.41, 5.74) is 2.28. The second kappa shape index (κ2) is 9.74. The molecule has 2 aromatic carbocycles. The van der Waals surface area contributed by atoms with Crippen molar-refractivity contribution in [3.8, 4) is 5.75 Å². The van der Waals surface area contributed by atoms with Crippen LogP contribution in [-0.4, -0.2) is 37.0 Å². The number of anilines is 1. The van der Waals surface area contributed by atoms with Gasteiger partial charge in [-0.3, -0.25) is 9.59 Å². The molecule has 0 unspecified atom stereocenters. The van der Waals surface area contributed by atoms with Crippen molar-refractivity contribution in [2.45, 2.75) is 6.92 Å². The fourth-order valence-electron chi connectivity index (χ4n) is 2.17. The third-order valence-corrected chi connectivity index (χ3v) is 4.28. The molecule has 25 heavy (non-hydrogen) atoms. The number of nitrogens with one attached hydrogen (secondary N) is 2. The topological polar surface area (TPSA) is 67.4 Å². The molecule has 0 aliphatic heterocycles. The first-order valence-corrected chi connectivity index (χ1v) is 9.13. The van der Waals surface area contributed by atoms with Crippen molar-refractivity contribution in [3.63, 3.8) is 0 Å². The van der Waals surface area contributed by atoms with E-state index in [9.17, 15) is 9.59 Å². The van der Waals surface area contributed by atoms with Gasteiger partial charge in [-0.05, 0) is 42.8 Å². The summed E-state index contributed by atoms with van der Waals surface area (Å²) in [5, 5.41) is 5.35. The third kappa shape index (κ3) is 6.51. The number of hydrogen-bond donors (Lipinski definition) is 2. The molecule has 0 spiro atoms. The van der Waals surface area contributed by atoms with E-state index in [0.29, 0.717) is 23.6 Å². The molecule has 0 aliphatic rings. The maximum absolute atomic E-state index is 12.0. The zero-order chi connectivity index (χ0) is 18.1. The van der Waals surface area contributed by atoms with Crippen LogP contribution in [0.4, 0.5) is 5.69 Å². The predicted molar refractivity (Wildman–Crippen MR) is 102 cm³/mol. The lowest BCUT2D eigenvalue weighted by Crippen LogP contribution is -2.19. The monoisotopic (exact) mass is 358 g/mol. The number of thioether (sulfide) groups is 1. The minimum atomic E-state index is -0.182. The van der Waals surface area contributed by atoms with Gasteiger partial charge in [0, 0.05) is 24.1 Å². The lowest BCUT2D eigenvalue weighted by Gasteiger charge is -2.08. The van der Waals surface area contributed by atoms with E-state index in [-0.39, 0.29) is 11.8 Å². The molecule has 2 N–H and O–H groups in total. The van der Waals surface area contributed by atoms with Crippen molar-refractivity contribution in [3.05, 3.63) is 59.7 Å². The van der Waals surface area contributed by atoms with E-state index in [1.54, 1.807) is 31.3 Å². The number of aryl methyl sites for hydroxylation is 1. The van der Waals surface area contributed by atoms with Crippen LogP contribution in [0.3, 0.4) is 0 Å². The van der Waals surface area contributed by atoms with Crippen molar-refractivity contribution in [2.24, 2.45) is 0 Å². The highest BCUT2D eigenvalue weighted by atomic mass is 32.2. The molecule has 0 fully saturated rings. The lowest BCUT2D eigenvalue weighted by molar-refractivity contribution is -0.113. The quantitative estimate of drug-likeness (QED) is 0.712. The molecule has 0 heterocycles. The largest absolute Gasteiger partial charge is 0.493 e. The number of hydrogen-bond acceptors (Lipinski definition) is 4. The smallest absolute Gasteiger partial charge is 0.251 e. The summed E-state index contributed by atoms with van der Waals surface area (Å²) in [6.45, 7) is 2.57. The van der Waals surface area contributed by atoms with E-state index in [1.807, 2.05) is 31.2 Å². The maximum Gasteiger partial charge on any atom is 0.251 e. The SMILES string of the molecule is CNC(=O)c1cccc(NC(=O)CSCCOc2cccc(C)c2)c1. The minimum Gasteiger partial charge on any atom is -0.493 e. The van der Waals surface area contributed by atoms with E-state index in [2.05, 4.69) is 10.6 Å². The summed E-state index contributed by atoms with van der Waals surface area (Å²) in [6, 6.07) is 14.7. The molecule has 0 aromatic heterocycles. The fourth-order valence-corrected chi connectivity index (χ4v) is 2.77. The third-order valence-electron chi connectivity index (χ3n) is 3.35. The normalized spacial score (nSPS) is 10.2. The van der Waals surface area contributed by atoms with Gasteiger partial charge in [0.15, 0.2) is 0 Å². The summed E-state index contributed by atoms with van der Waals surface area (Å²) in [6.07, 6.45) is 0. The highest BCUT2D eigenvalue weighted by molar-refractivity contribution is 7.99. The van der Waals surface area contributed by atoms with Gasteiger partial charge < -0.3 is 15.4 Å². The van der Waals surface area contributed by atoms with Crippen LogP contribution in [-0.2, 0) is 4.79 Å². The van der Waals surface area contributed by atoms with Crippen LogP contribution in [0, 0.1) is 6.92 Å². The van der Waals surface area contributed by atoms with Gasteiger partial charge in [0.25, 0.3) is 5.91 Å². The Labute approximate surface area is 152 Å². The van der Waals surface area contributed by atoms with E-state index in [0.717, 1.165) is 17.1 Å². The van der Waals surface area contributed by atoms with Gasteiger partial charge in [-0.25, -0.2) is 0 Å². The zero-order valence-corrected chi connectivity index (χ0v) is 15.2. The minimum absolute atomic E-state index is 0.102. The molecule has 0 radical (unpaired) electrons. The second-order valence-corrected chi connectivity index (χ2v) is 6.53.